The number of aliphatic imine (C=N–C) groups is 1. The number of ether oxygens (including phenoxy) is 1. The highest BCUT2D eigenvalue weighted by atomic mass is 16.5. The van der Waals surface area contributed by atoms with Gasteiger partial charge >= 0.3 is 0 Å². The van der Waals surface area contributed by atoms with Crippen LogP contribution in [0.1, 0.15) is 45.2 Å². The van der Waals surface area contributed by atoms with Crippen LogP contribution < -0.4 is 10.6 Å². The summed E-state index contributed by atoms with van der Waals surface area (Å²) >= 11 is 0. The summed E-state index contributed by atoms with van der Waals surface area (Å²) in [5.41, 5.74) is 2.44. The third kappa shape index (κ3) is 7.46. The fourth-order valence-electron chi connectivity index (χ4n) is 1.99. The van der Waals surface area contributed by atoms with Gasteiger partial charge < -0.3 is 15.4 Å². The minimum absolute atomic E-state index is 0.596. The highest BCUT2D eigenvalue weighted by molar-refractivity contribution is 5.79. The van der Waals surface area contributed by atoms with Gasteiger partial charge in [-0.05, 0) is 30.4 Å². The summed E-state index contributed by atoms with van der Waals surface area (Å²) in [6.45, 7) is 12.5. The first-order valence-corrected chi connectivity index (χ1v) is 8.34. The molecule has 0 radical (unpaired) electrons. The van der Waals surface area contributed by atoms with Gasteiger partial charge in [0.1, 0.15) is 0 Å². The smallest absolute Gasteiger partial charge is 0.191 e. The Labute approximate surface area is 135 Å². The quantitative estimate of drug-likeness (QED) is 0.418. The Kier molecular flexibility index (Phi) is 9.31. The summed E-state index contributed by atoms with van der Waals surface area (Å²) in [6.07, 6.45) is 1.05. The van der Waals surface area contributed by atoms with E-state index in [1.54, 1.807) is 0 Å². The molecule has 0 fully saturated rings. The van der Waals surface area contributed by atoms with Crippen molar-refractivity contribution in [1.29, 1.82) is 0 Å². The molecule has 4 heteroatoms. The zero-order valence-corrected chi connectivity index (χ0v) is 14.5. The first-order chi connectivity index (χ1) is 10.7. The zero-order chi connectivity index (χ0) is 16.2. The first kappa shape index (κ1) is 18.5. The van der Waals surface area contributed by atoms with E-state index in [2.05, 4.69) is 67.6 Å². The summed E-state index contributed by atoms with van der Waals surface area (Å²) < 4.78 is 5.66. The molecule has 0 saturated carbocycles. The molecule has 0 heterocycles. The van der Waals surface area contributed by atoms with Crippen molar-refractivity contribution in [3.05, 3.63) is 35.4 Å². The van der Waals surface area contributed by atoms with Crippen molar-refractivity contribution in [2.24, 2.45) is 10.9 Å². The molecule has 2 N–H and O–H groups in total. The molecule has 0 aliphatic carbocycles. The predicted molar refractivity (Wildman–Crippen MR) is 94.0 cm³/mol. The van der Waals surface area contributed by atoms with Crippen LogP contribution >= 0.6 is 0 Å². The van der Waals surface area contributed by atoms with Gasteiger partial charge in [0.05, 0.1) is 13.2 Å². The van der Waals surface area contributed by atoms with E-state index < -0.39 is 0 Å². The van der Waals surface area contributed by atoms with Crippen LogP contribution in [0.3, 0.4) is 0 Å². The lowest BCUT2D eigenvalue weighted by Gasteiger charge is -2.14. The van der Waals surface area contributed by atoms with Gasteiger partial charge in [-0.25, -0.2) is 4.99 Å². The van der Waals surface area contributed by atoms with Crippen molar-refractivity contribution in [3.63, 3.8) is 0 Å². The fraction of sp³-hybridized carbons (Fsp3) is 0.611. The molecule has 0 atom stereocenters. The maximum atomic E-state index is 5.66. The summed E-state index contributed by atoms with van der Waals surface area (Å²) in [5.74, 6) is 1.47. The van der Waals surface area contributed by atoms with Crippen LogP contribution in [0.5, 0.6) is 0 Å². The Bertz CT molecular complexity index is 444. The maximum absolute atomic E-state index is 5.66. The number of nitrogens with zero attached hydrogens (tertiary/aromatic N) is 1. The lowest BCUT2D eigenvalue weighted by molar-refractivity contribution is 0.121. The molecule has 0 amide bonds. The molecule has 0 saturated heterocycles. The monoisotopic (exact) mass is 305 g/mol. The Morgan fingerprint density at radius 1 is 1.14 bits per heavy atom. The summed E-state index contributed by atoms with van der Waals surface area (Å²) in [6, 6.07) is 8.36. The number of rotatable bonds is 9. The molecule has 4 nitrogen and oxygen atoms in total. The second-order valence-corrected chi connectivity index (χ2v) is 5.79. The number of hydrogen-bond acceptors (Lipinski definition) is 2. The Morgan fingerprint density at radius 3 is 2.50 bits per heavy atom. The molecule has 0 aromatic heterocycles. The van der Waals surface area contributed by atoms with Crippen LogP contribution in [0.4, 0.5) is 0 Å². The molecular weight excluding hydrogens is 274 g/mol. The van der Waals surface area contributed by atoms with Gasteiger partial charge in [-0.2, -0.15) is 0 Å². The average molecular weight is 305 g/mol. The van der Waals surface area contributed by atoms with Crippen LogP contribution in [-0.4, -0.2) is 25.7 Å². The largest absolute Gasteiger partial charge is 0.377 e. The number of hydrogen-bond donors (Lipinski definition) is 2. The van der Waals surface area contributed by atoms with Crippen molar-refractivity contribution < 1.29 is 4.74 Å². The second-order valence-electron chi connectivity index (χ2n) is 5.79. The molecule has 0 aliphatic heterocycles. The highest BCUT2D eigenvalue weighted by Crippen LogP contribution is 2.11. The van der Waals surface area contributed by atoms with Crippen LogP contribution in [0, 0.1) is 5.92 Å². The van der Waals surface area contributed by atoms with Gasteiger partial charge in [-0.3, -0.25) is 0 Å². The molecule has 0 unspecified atom stereocenters. The zero-order valence-electron chi connectivity index (χ0n) is 14.5. The number of nitrogens with one attached hydrogen (secondary N) is 2. The average Bonchev–Trinajstić information content (AvgIpc) is 2.51. The molecule has 0 aliphatic rings. The predicted octanol–water partition coefficient (Wildman–Crippen LogP) is 3.32. The van der Waals surface area contributed by atoms with Gasteiger partial charge in [0.25, 0.3) is 0 Å². The van der Waals surface area contributed by atoms with Gasteiger partial charge in [0.15, 0.2) is 5.96 Å². The normalized spacial score (nSPS) is 11.8. The van der Waals surface area contributed by atoms with Crippen molar-refractivity contribution in [2.45, 2.75) is 47.3 Å². The highest BCUT2D eigenvalue weighted by Gasteiger charge is 2.03. The molecular formula is C18H31N3O. The summed E-state index contributed by atoms with van der Waals surface area (Å²) in [5, 5.41) is 6.66. The molecule has 0 bridgehead atoms. The topological polar surface area (TPSA) is 45.6 Å². The van der Waals surface area contributed by atoms with Gasteiger partial charge in [-0.15, -0.1) is 0 Å². The lowest BCUT2D eigenvalue weighted by atomic mass is 10.1. The molecule has 0 spiro atoms. The number of guanidine groups is 1. The van der Waals surface area contributed by atoms with E-state index in [4.69, 9.17) is 4.74 Å². The van der Waals surface area contributed by atoms with E-state index in [-0.39, 0.29) is 0 Å². The Morgan fingerprint density at radius 2 is 1.86 bits per heavy atom. The summed E-state index contributed by atoms with van der Waals surface area (Å²) in [4.78, 5) is 4.68. The molecule has 22 heavy (non-hydrogen) atoms. The van der Waals surface area contributed by atoms with Crippen LogP contribution in [0.2, 0.25) is 0 Å². The van der Waals surface area contributed by atoms with Crippen LogP contribution in [-0.2, 0) is 17.9 Å². The van der Waals surface area contributed by atoms with E-state index in [0.29, 0.717) is 19.1 Å². The molecule has 1 aromatic carbocycles. The summed E-state index contributed by atoms with van der Waals surface area (Å²) in [7, 11) is 0. The third-order valence-corrected chi connectivity index (χ3v) is 3.15. The Balaban J connectivity index is 2.67. The van der Waals surface area contributed by atoms with Crippen LogP contribution in [0.15, 0.2) is 29.3 Å². The minimum Gasteiger partial charge on any atom is -0.377 e. The van der Waals surface area contributed by atoms with Crippen molar-refractivity contribution in [1.82, 2.24) is 10.6 Å². The molecule has 1 rings (SSSR count). The van der Waals surface area contributed by atoms with Crippen molar-refractivity contribution in [2.75, 3.05) is 19.7 Å². The third-order valence-electron chi connectivity index (χ3n) is 3.15. The first-order valence-electron chi connectivity index (χ1n) is 8.34. The van der Waals surface area contributed by atoms with Gasteiger partial charge in [0, 0.05) is 19.7 Å². The minimum atomic E-state index is 0.596. The SMILES string of the molecule is CCCOCc1ccccc1CN=C(NCC)NCC(C)C. The van der Waals surface area contributed by atoms with Gasteiger partial charge in [0.2, 0.25) is 0 Å². The maximum Gasteiger partial charge on any atom is 0.191 e. The standard InChI is InChI=1S/C18H31N3O/c1-5-11-22-14-17-10-8-7-9-16(17)13-21-18(19-6-2)20-12-15(3)4/h7-10,15H,5-6,11-14H2,1-4H3,(H2,19,20,21). The molecule has 1 aromatic rings. The lowest BCUT2D eigenvalue weighted by Crippen LogP contribution is -2.39. The number of benzene rings is 1. The fourth-order valence-corrected chi connectivity index (χ4v) is 1.99. The van der Waals surface area contributed by atoms with Crippen molar-refractivity contribution in [3.8, 4) is 0 Å². The van der Waals surface area contributed by atoms with E-state index in [0.717, 1.165) is 32.1 Å². The molecule has 124 valence electrons. The van der Waals surface area contributed by atoms with E-state index in [1.165, 1.54) is 11.1 Å². The van der Waals surface area contributed by atoms with Crippen molar-refractivity contribution >= 4 is 5.96 Å². The Hall–Kier alpha value is -1.55. The second kappa shape index (κ2) is 11.1. The van der Waals surface area contributed by atoms with E-state index >= 15 is 0 Å². The van der Waals surface area contributed by atoms with Gasteiger partial charge in [-0.1, -0.05) is 45.0 Å². The van der Waals surface area contributed by atoms with E-state index in [9.17, 15) is 0 Å². The van der Waals surface area contributed by atoms with Crippen LogP contribution in [0.25, 0.3) is 0 Å². The van der Waals surface area contributed by atoms with E-state index in [1.807, 2.05) is 0 Å².